The Hall–Kier alpha value is -1.31. The van der Waals surface area contributed by atoms with Crippen LogP contribution in [0.1, 0.15) is 47.2 Å². The highest BCUT2D eigenvalue weighted by Gasteiger charge is 2.25. The number of hydrogen-bond donors (Lipinski definition) is 2. The van der Waals surface area contributed by atoms with E-state index in [1.165, 1.54) is 24.2 Å². The lowest BCUT2D eigenvalue weighted by molar-refractivity contribution is 0.0937. The summed E-state index contributed by atoms with van der Waals surface area (Å²) in [6.45, 7) is 1.96. The average molecular weight is 277 g/mol. The van der Waals surface area contributed by atoms with Crippen LogP contribution in [-0.2, 0) is 0 Å². The lowest BCUT2D eigenvalue weighted by atomic mass is 10.1. The smallest absolute Gasteiger partial charge is 0.261 e. The maximum absolute atomic E-state index is 12.1. The van der Waals surface area contributed by atoms with Gasteiger partial charge in [-0.15, -0.1) is 11.3 Å². The van der Waals surface area contributed by atoms with Gasteiger partial charge in [-0.25, -0.2) is 0 Å². The van der Waals surface area contributed by atoms with Crippen LogP contribution in [0.5, 0.6) is 0 Å². The first-order valence-corrected chi connectivity index (χ1v) is 7.55. The highest BCUT2D eigenvalue weighted by Crippen LogP contribution is 2.34. The van der Waals surface area contributed by atoms with E-state index in [2.05, 4.69) is 24.1 Å². The topological polar surface area (TPSA) is 49.3 Å². The maximum atomic E-state index is 12.1. The number of aliphatic hydroxyl groups is 1. The molecule has 19 heavy (non-hydrogen) atoms. The third kappa shape index (κ3) is 4.38. The number of thiophene rings is 1. The first-order valence-electron chi connectivity index (χ1n) is 6.73. The Morgan fingerprint density at radius 3 is 3.00 bits per heavy atom. The van der Waals surface area contributed by atoms with Crippen molar-refractivity contribution in [2.24, 2.45) is 5.92 Å². The van der Waals surface area contributed by atoms with Crippen LogP contribution in [0.4, 0.5) is 0 Å². The lowest BCUT2D eigenvalue weighted by Crippen LogP contribution is -2.34. The van der Waals surface area contributed by atoms with Crippen LogP contribution in [-0.4, -0.2) is 23.7 Å². The summed E-state index contributed by atoms with van der Waals surface area (Å²) in [6, 6.07) is 3.91. The van der Waals surface area contributed by atoms with Crippen molar-refractivity contribution in [3.05, 3.63) is 21.9 Å². The summed E-state index contributed by atoms with van der Waals surface area (Å²) in [6.07, 6.45) is 4.70. The molecule has 1 aromatic rings. The Bertz CT molecular complexity index is 494. The van der Waals surface area contributed by atoms with Gasteiger partial charge in [0.25, 0.3) is 5.91 Å². The van der Waals surface area contributed by atoms with E-state index in [1.807, 2.05) is 6.07 Å². The molecule has 1 fully saturated rings. The molecule has 1 aliphatic carbocycles. The predicted molar refractivity (Wildman–Crippen MR) is 77.2 cm³/mol. The van der Waals surface area contributed by atoms with Gasteiger partial charge >= 0.3 is 0 Å². The van der Waals surface area contributed by atoms with Gasteiger partial charge in [0.2, 0.25) is 0 Å². The van der Waals surface area contributed by atoms with Gasteiger partial charge in [0.1, 0.15) is 6.61 Å². The molecular weight excluding hydrogens is 258 g/mol. The minimum atomic E-state index is -0.154. The van der Waals surface area contributed by atoms with E-state index in [1.54, 1.807) is 6.07 Å². The van der Waals surface area contributed by atoms with E-state index >= 15 is 0 Å². The SMILES string of the molecule is CCC(CC1CC1)NC(=O)c1ccc(C#CCO)s1. The van der Waals surface area contributed by atoms with Crippen LogP contribution < -0.4 is 5.32 Å². The quantitative estimate of drug-likeness (QED) is 0.812. The third-order valence-corrected chi connectivity index (χ3v) is 4.26. The van der Waals surface area contributed by atoms with Crippen LogP contribution in [0.15, 0.2) is 12.1 Å². The van der Waals surface area contributed by atoms with Gasteiger partial charge in [-0.1, -0.05) is 31.6 Å². The van der Waals surface area contributed by atoms with Gasteiger partial charge < -0.3 is 10.4 Å². The molecule has 0 spiro atoms. The zero-order chi connectivity index (χ0) is 13.7. The summed E-state index contributed by atoms with van der Waals surface area (Å²) in [5.74, 6) is 6.22. The summed E-state index contributed by atoms with van der Waals surface area (Å²) < 4.78 is 0. The van der Waals surface area contributed by atoms with Gasteiger partial charge in [-0.3, -0.25) is 4.79 Å². The standard InChI is InChI=1S/C15H19NO2S/c1-2-12(10-11-5-6-11)16-15(18)14-8-7-13(19-14)4-3-9-17/h7-8,11-12,17H,2,5-6,9-10H2,1H3,(H,16,18). The molecule has 2 N–H and O–H groups in total. The summed E-state index contributed by atoms with van der Waals surface area (Å²) in [4.78, 5) is 13.6. The third-order valence-electron chi connectivity index (χ3n) is 3.26. The molecule has 2 rings (SSSR count). The molecule has 1 aliphatic rings. The zero-order valence-electron chi connectivity index (χ0n) is 11.1. The van der Waals surface area contributed by atoms with Gasteiger partial charge in [0.15, 0.2) is 0 Å². The molecule has 0 saturated heterocycles. The van der Waals surface area contributed by atoms with Gasteiger partial charge in [-0.05, 0) is 30.9 Å². The molecule has 4 heteroatoms. The molecule has 1 saturated carbocycles. The Kier molecular flexibility index (Phi) is 5.00. The van der Waals surface area contributed by atoms with Crippen LogP contribution in [0.3, 0.4) is 0 Å². The number of amides is 1. The van der Waals surface area contributed by atoms with Crippen molar-refractivity contribution in [2.45, 2.75) is 38.6 Å². The van der Waals surface area contributed by atoms with Crippen molar-refractivity contribution in [3.63, 3.8) is 0 Å². The molecule has 1 heterocycles. The van der Waals surface area contributed by atoms with E-state index in [0.29, 0.717) is 4.88 Å². The van der Waals surface area contributed by atoms with Gasteiger partial charge in [0, 0.05) is 6.04 Å². The van der Waals surface area contributed by atoms with Gasteiger partial charge in [0.05, 0.1) is 9.75 Å². The second-order valence-electron chi connectivity index (χ2n) is 4.88. The number of carbonyl (C=O) groups is 1. The first kappa shape index (κ1) is 14.1. The summed E-state index contributed by atoms with van der Waals surface area (Å²) in [5.41, 5.74) is 0. The Morgan fingerprint density at radius 2 is 2.37 bits per heavy atom. The molecule has 102 valence electrons. The Labute approximate surface area is 118 Å². The van der Waals surface area contributed by atoms with E-state index in [9.17, 15) is 4.79 Å². The molecular formula is C15H19NO2S. The van der Waals surface area contributed by atoms with Crippen LogP contribution in [0, 0.1) is 17.8 Å². The second kappa shape index (κ2) is 6.74. The van der Waals surface area contributed by atoms with E-state index < -0.39 is 0 Å². The normalized spacial score (nSPS) is 15.5. The van der Waals surface area contributed by atoms with Crippen molar-refractivity contribution in [1.82, 2.24) is 5.32 Å². The lowest BCUT2D eigenvalue weighted by Gasteiger charge is -2.15. The van der Waals surface area contributed by atoms with E-state index in [0.717, 1.165) is 23.6 Å². The van der Waals surface area contributed by atoms with Crippen LogP contribution >= 0.6 is 11.3 Å². The van der Waals surface area contributed by atoms with E-state index in [-0.39, 0.29) is 18.6 Å². The number of nitrogens with one attached hydrogen (secondary N) is 1. The molecule has 0 aliphatic heterocycles. The fourth-order valence-electron chi connectivity index (χ4n) is 1.99. The van der Waals surface area contributed by atoms with Gasteiger partial charge in [-0.2, -0.15) is 0 Å². The van der Waals surface area contributed by atoms with Crippen LogP contribution in [0.2, 0.25) is 0 Å². The Morgan fingerprint density at radius 1 is 1.58 bits per heavy atom. The molecule has 0 radical (unpaired) electrons. The number of hydrogen-bond acceptors (Lipinski definition) is 3. The fourth-order valence-corrected chi connectivity index (χ4v) is 2.78. The minimum Gasteiger partial charge on any atom is -0.384 e. The van der Waals surface area contributed by atoms with Crippen molar-refractivity contribution in [3.8, 4) is 11.8 Å². The fraction of sp³-hybridized carbons (Fsp3) is 0.533. The van der Waals surface area contributed by atoms with E-state index in [4.69, 9.17) is 5.11 Å². The van der Waals surface area contributed by atoms with Crippen molar-refractivity contribution in [1.29, 1.82) is 0 Å². The predicted octanol–water partition coefficient (Wildman–Crippen LogP) is 2.40. The zero-order valence-corrected chi connectivity index (χ0v) is 11.9. The minimum absolute atomic E-state index is 0.00505. The van der Waals surface area contributed by atoms with Crippen LogP contribution in [0.25, 0.3) is 0 Å². The molecule has 1 aromatic heterocycles. The first-order chi connectivity index (χ1) is 9.22. The monoisotopic (exact) mass is 277 g/mol. The summed E-state index contributed by atoms with van der Waals surface area (Å²) >= 11 is 1.37. The Balaban J connectivity index is 1.92. The highest BCUT2D eigenvalue weighted by molar-refractivity contribution is 7.14. The molecule has 0 aromatic carbocycles. The molecule has 1 atom stereocenters. The average Bonchev–Trinajstić information content (AvgIpc) is 3.10. The number of rotatable bonds is 5. The number of aliphatic hydroxyl groups excluding tert-OH is 1. The summed E-state index contributed by atoms with van der Waals surface area (Å²) in [5, 5.41) is 11.7. The largest absolute Gasteiger partial charge is 0.384 e. The van der Waals surface area contributed by atoms with Crippen molar-refractivity contribution in [2.75, 3.05) is 6.61 Å². The molecule has 1 unspecified atom stereocenters. The van der Waals surface area contributed by atoms with Crippen molar-refractivity contribution >= 4 is 17.2 Å². The number of carbonyl (C=O) groups excluding carboxylic acids is 1. The molecule has 0 bridgehead atoms. The maximum Gasteiger partial charge on any atom is 0.261 e. The van der Waals surface area contributed by atoms with Crippen molar-refractivity contribution < 1.29 is 9.90 Å². The molecule has 1 amide bonds. The second-order valence-corrected chi connectivity index (χ2v) is 5.97. The summed E-state index contributed by atoms with van der Waals surface area (Å²) in [7, 11) is 0. The molecule has 3 nitrogen and oxygen atoms in total. The highest BCUT2D eigenvalue weighted by atomic mass is 32.1.